The maximum atomic E-state index is 12.7. The molecule has 0 spiro atoms. The Hall–Kier alpha value is -4.18. The SMILES string of the molecule is C[C@@H]1Oc2ccc(NC(=O)CSc3nnc(-c4cccnc4)n3-c3ccccc3)cc2NC1=O. The third-order valence-corrected chi connectivity index (χ3v) is 6.02. The molecule has 0 saturated heterocycles. The molecule has 1 aliphatic heterocycles. The lowest BCUT2D eigenvalue weighted by atomic mass is 10.2. The van der Waals surface area contributed by atoms with Gasteiger partial charge in [-0.2, -0.15) is 0 Å². The lowest BCUT2D eigenvalue weighted by molar-refractivity contribution is -0.122. The van der Waals surface area contributed by atoms with Crippen LogP contribution in [0.15, 0.2) is 78.2 Å². The van der Waals surface area contributed by atoms with Gasteiger partial charge in [-0.05, 0) is 49.4 Å². The summed E-state index contributed by atoms with van der Waals surface area (Å²) in [6.07, 6.45) is 2.87. The maximum Gasteiger partial charge on any atom is 0.265 e. The third kappa shape index (κ3) is 4.48. The van der Waals surface area contributed by atoms with E-state index in [0.717, 1.165) is 11.3 Å². The highest BCUT2D eigenvalue weighted by Crippen LogP contribution is 2.32. The van der Waals surface area contributed by atoms with E-state index in [1.165, 1.54) is 11.8 Å². The number of para-hydroxylation sites is 1. The van der Waals surface area contributed by atoms with E-state index >= 15 is 0 Å². The van der Waals surface area contributed by atoms with E-state index in [-0.39, 0.29) is 17.6 Å². The molecule has 0 aliphatic carbocycles. The summed E-state index contributed by atoms with van der Waals surface area (Å²) < 4.78 is 7.46. The number of rotatable bonds is 6. The van der Waals surface area contributed by atoms with Crippen LogP contribution >= 0.6 is 11.8 Å². The highest BCUT2D eigenvalue weighted by Gasteiger charge is 2.24. The van der Waals surface area contributed by atoms with Crippen LogP contribution in [0.25, 0.3) is 17.1 Å². The van der Waals surface area contributed by atoms with Gasteiger partial charge in [-0.15, -0.1) is 10.2 Å². The Morgan fingerprint density at radius 2 is 2.00 bits per heavy atom. The van der Waals surface area contributed by atoms with Gasteiger partial charge in [0.1, 0.15) is 5.75 Å². The van der Waals surface area contributed by atoms with E-state index < -0.39 is 6.10 Å². The summed E-state index contributed by atoms with van der Waals surface area (Å²) in [5.41, 5.74) is 2.79. The van der Waals surface area contributed by atoms with Crippen molar-refractivity contribution in [2.45, 2.75) is 18.2 Å². The summed E-state index contributed by atoms with van der Waals surface area (Å²) in [6, 6.07) is 18.6. The first kappa shape index (κ1) is 21.7. The predicted molar refractivity (Wildman–Crippen MR) is 129 cm³/mol. The topological polar surface area (TPSA) is 111 Å². The van der Waals surface area contributed by atoms with Gasteiger partial charge in [-0.1, -0.05) is 30.0 Å². The monoisotopic (exact) mass is 472 g/mol. The zero-order valence-electron chi connectivity index (χ0n) is 18.1. The maximum absolute atomic E-state index is 12.7. The molecule has 1 atom stereocenters. The van der Waals surface area contributed by atoms with Crippen LogP contribution in [0.3, 0.4) is 0 Å². The molecule has 2 amide bonds. The number of carbonyl (C=O) groups excluding carboxylic acids is 2. The first-order chi connectivity index (χ1) is 16.6. The van der Waals surface area contributed by atoms with E-state index in [0.29, 0.717) is 28.1 Å². The standard InChI is InChI=1S/C24H20N6O3S/c1-15-23(32)27-19-12-17(9-10-20(19)33-15)26-21(31)14-34-24-29-28-22(16-6-5-11-25-13-16)30(24)18-7-3-2-4-8-18/h2-13,15H,14H2,1H3,(H,26,31)(H,27,32)/t15-/m0/s1. The van der Waals surface area contributed by atoms with Gasteiger partial charge in [-0.25, -0.2) is 0 Å². The van der Waals surface area contributed by atoms with E-state index in [9.17, 15) is 9.59 Å². The number of carbonyl (C=O) groups is 2. The number of pyridine rings is 1. The van der Waals surface area contributed by atoms with Gasteiger partial charge >= 0.3 is 0 Å². The van der Waals surface area contributed by atoms with Crippen molar-refractivity contribution in [3.8, 4) is 22.8 Å². The minimum Gasteiger partial charge on any atom is -0.479 e. The number of fused-ring (bicyclic) bond motifs is 1. The molecule has 0 radical (unpaired) electrons. The van der Waals surface area contributed by atoms with Crippen molar-refractivity contribution >= 4 is 35.0 Å². The molecule has 3 heterocycles. The van der Waals surface area contributed by atoms with Crippen LogP contribution in [0.5, 0.6) is 5.75 Å². The average molecular weight is 473 g/mol. The molecule has 2 aromatic heterocycles. The Kier molecular flexibility index (Phi) is 5.96. The highest BCUT2D eigenvalue weighted by atomic mass is 32.2. The van der Waals surface area contributed by atoms with E-state index in [4.69, 9.17) is 4.74 Å². The Morgan fingerprint density at radius 3 is 2.79 bits per heavy atom. The van der Waals surface area contributed by atoms with Crippen molar-refractivity contribution in [3.05, 3.63) is 73.1 Å². The van der Waals surface area contributed by atoms with Gasteiger partial charge in [0, 0.05) is 29.3 Å². The van der Waals surface area contributed by atoms with E-state index in [1.807, 2.05) is 47.0 Å². The van der Waals surface area contributed by atoms with Gasteiger partial charge < -0.3 is 15.4 Å². The molecule has 34 heavy (non-hydrogen) atoms. The van der Waals surface area contributed by atoms with Gasteiger partial charge in [0.15, 0.2) is 17.1 Å². The fraction of sp³-hybridized carbons (Fsp3) is 0.125. The van der Waals surface area contributed by atoms with Crippen LogP contribution in [0.2, 0.25) is 0 Å². The smallest absolute Gasteiger partial charge is 0.265 e. The number of benzene rings is 2. The average Bonchev–Trinajstić information content (AvgIpc) is 3.29. The number of aromatic nitrogens is 4. The summed E-state index contributed by atoms with van der Waals surface area (Å²) in [5, 5.41) is 14.9. The molecule has 1 aliphatic rings. The second-order valence-electron chi connectivity index (χ2n) is 7.52. The van der Waals surface area contributed by atoms with E-state index in [2.05, 4.69) is 25.8 Å². The van der Waals surface area contributed by atoms with Crippen molar-refractivity contribution in [2.24, 2.45) is 0 Å². The molecule has 0 bridgehead atoms. The van der Waals surface area contributed by atoms with Crippen LogP contribution in [-0.4, -0.2) is 43.4 Å². The number of hydrogen-bond acceptors (Lipinski definition) is 7. The molecule has 0 saturated carbocycles. The van der Waals surface area contributed by atoms with Gasteiger partial charge in [0.25, 0.3) is 5.91 Å². The fourth-order valence-electron chi connectivity index (χ4n) is 3.47. The molecular formula is C24H20N6O3S. The summed E-state index contributed by atoms with van der Waals surface area (Å²) in [6.45, 7) is 1.68. The predicted octanol–water partition coefficient (Wildman–Crippen LogP) is 3.78. The summed E-state index contributed by atoms with van der Waals surface area (Å²) in [4.78, 5) is 28.7. The quantitative estimate of drug-likeness (QED) is 0.411. The van der Waals surface area contributed by atoms with Crippen LogP contribution in [0.4, 0.5) is 11.4 Å². The van der Waals surface area contributed by atoms with Crippen LogP contribution in [-0.2, 0) is 9.59 Å². The second-order valence-corrected chi connectivity index (χ2v) is 8.46. The normalized spacial score (nSPS) is 14.6. The van der Waals surface area contributed by atoms with E-state index in [1.54, 1.807) is 37.5 Å². The van der Waals surface area contributed by atoms with Gasteiger partial charge in [0.05, 0.1) is 11.4 Å². The van der Waals surface area contributed by atoms with Crippen molar-refractivity contribution in [1.82, 2.24) is 19.7 Å². The molecule has 0 unspecified atom stereocenters. The molecule has 4 aromatic rings. The lowest BCUT2D eigenvalue weighted by Crippen LogP contribution is -2.34. The number of ether oxygens (including phenoxy) is 1. The molecule has 10 heteroatoms. The molecule has 5 rings (SSSR count). The van der Waals surface area contributed by atoms with Gasteiger partial charge in [0.2, 0.25) is 5.91 Å². The molecule has 170 valence electrons. The minimum atomic E-state index is -0.553. The van der Waals surface area contributed by atoms with Crippen molar-refractivity contribution in [3.63, 3.8) is 0 Å². The summed E-state index contributed by atoms with van der Waals surface area (Å²) in [7, 11) is 0. The van der Waals surface area contributed by atoms with Crippen LogP contribution < -0.4 is 15.4 Å². The number of anilines is 2. The highest BCUT2D eigenvalue weighted by molar-refractivity contribution is 7.99. The fourth-order valence-corrected chi connectivity index (χ4v) is 4.22. The molecule has 0 fully saturated rings. The summed E-state index contributed by atoms with van der Waals surface area (Å²) >= 11 is 1.28. The molecular weight excluding hydrogens is 452 g/mol. The molecule has 9 nitrogen and oxygen atoms in total. The number of amides is 2. The zero-order valence-corrected chi connectivity index (χ0v) is 19.0. The summed E-state index contributed by atoms with van der Waals surface area (Å²) in [5.74, 6) is 0.887. The Bertz CT molecular complexity index is 1340. The van der Waals surface area contributed by atoms with Crippen molar-refractivity contribution < 1.29 is 14.3 Å². The Labute approximate surface area is 199 Å². The van der Waals surface area contributed by atoms with Crippen molar-refractivity contribution in [2.75, 3.05) is 16.4 Å². The number of thioether (sulfide) groups is 1. The Morgan fingerprint density at radius 1 is 1.15 bits per heavy atom. The van der Waals surface area contributed by atoms with Crippen LogP contribution in [0.1, 0.15) is 6.92 Å². The van der Waals surface area contributed by atoms with Gasteiger partial charge in [-0.3, -0.25) is 19.1 Å². The zero-order chi connectivity index (χ0) is 23.5. The second kappa shape index (κ2) is 9.36. The minimum absolute atomic E-state index is 0.120. The third-order valence-electron chi connectivity index (χ3n) is 5.09. The number of nitrogens with one attached hydrogen (secondary N) is 2. The molecule has 2 N–H and O–H groups in total. The molecule has 2 aromatic carbocycles. The number of hydrogen-bond donors (Lipinski definition) is 2. The number of nitrogens with zero attached hydrogens (tertiary/aromatic N) is 4. The first-order valence-electron chi connectivity index (χ1n) is 10.5. The van der Waals surface area contributed by atoms with Crippen molar-refractivity contribution in [1.29, 1.82) is 0 Å². The first-order valence-corrected chi connectivity index (χ1v) is 11.5. The Balaban J connectivity index is 1.33. The largest absolute Gasteiger partial charge is 0.479 e. The lowest BCUT2D eigenvalue weighted by Gasteiger charge is -2.23. The van der Waals surface area contributed by atoms with Crippen LogP contribution in [0, 0.1) is 0 Å².